The van der Waals surface area contributed by atoms with Gasteiger partial charge in [0, 0.05) is 18.5 Å². The average molecular weight is 417 g/mol. The van der Waals surface area contributed by atoms with Crippen molar-refractivity contribution in [2.75, 3.05) is 13.7 Å². The zero-order chi connectivity index (χ0) is 18.7. The number of hydrogen-bond donors (Lipinski definition) is 2. The van der Waals surface area contributed by atoms with Gasteiger partial charge in [0.25, 0.3) is 0 Å². The predicted octanol–water partition coefficient (Wildman–Crippen LogP) is 3.94. The Hall–Kier alpha value is -1.17. The lowest BCUT2D eigenvalue weighted by molar-refractivity contribution is -0.128. The number of halogens is 2. The number of carbonyl (C=O) groups excluding carboxylic acids is 1. The third-order valence-electron chi connectivity index (χ3n) is 5.83. The smallest absolute Gasteiger partial charge is 0.223 e. The first-order chi connectivity index (χ1) is 12.5. The summed E-state index contributed by atoms with van der Waals surface area (Å²) in [6, 6.07) is 3.96. The summed E-state index contributed by atoms with van der Waals surface area (Å²) in [4.78, 5) is 12.7. The number of benzene rings is 1. The Morgan fingerprint density at radius 3 is 2.56 bits per heavy atom. The van der Waals surface area contributed by atoms with Gasteiger partial charge in [0.2, 0.25) is 5.91 Å². The molecule has 27 heavy (non-hydrogen) atoms. The highest BCUT2D eigenvalue weighted by atomic mass is 35.5. The van der Waals surface area contributed by atoms with Crippen molar-refractivity contribution in [1.29, 1.82) is 0 Å². The fraction of sp³-hybridized carbons (Fsp3) is 0.650. The van der Waals surface area contributed by atoms with Gasteiger partial charge in [0.15, 0.2) is 11.5 Å². The molecule has 0 saturated heterocycles. The van der Waals surface area contributed by atoms with E-state index < -0.39 is 0 Å². The molecule has 2 aliphatic carbocycles. The molecule has 3 rings (SSSR count). The van der Waals surface area contributed by atoms with Gasteiger partial charge in [-0.05, 0) is 62.1 Å². The van der Waals surface area contributed by atoms with Gasteiger partial charge in [-0.3, -0.25) is 4.79 Å². The van der Waals surface area contributed by atoms with Gasteiger partial charge in [0.1, 0.15) is 0 Å². The molecular formula is C20H30Cl2N2O3. The Kier molecular flexibility index (Phi) is 8.07. The van der Waals surface area contributed by atoms with Gasteiger partial charge in [-0.1, -0.05) is 18.0 Å². The van der Waals surface area contributed by atoms with Crippen molar-refractivity contribution in [1.82, 2.24) is 5.32 Å². The van der Waals surface area contributed by atoms with Crippen molar-refractivity contribution in [2.45, 2.75) is 51.6 Å². The number of nitrogens with one attached hydrogen (secondary N) is 1. The van der Waals surface area contributed by atoms with E-state index in [1.54, 1.807) is 7.11 Å². The predicted molar refractivity (Wildman–Crippen MR) is 110 cm³/mol. The molecule has 1 amide bonds. The van der Waals surface area contributed by atoms with Crippen molar-refractivity contribution >= 4 is 29.9 Å². The minimum Gasteiger partial charge on any atom is -0.493 e. The normalized spacial score (nSPS) is 26.7. The first kappa shape index (κ1) is 22.1. The Morgan fingerprint density at radius 1 is 1.30 bits per heavy atom. The van der Waals surface area contributed by atoms with Gasteiger partial charge >= 0.3 is 0 Å². The van der Waals surface area contributed by atoms with E-state index in [4.69, 9.17) is 26.8 Å². The van der Waals surface area contributed by atoms with Gasteiger partial charge in [-0.25, -0.2) is 0 Å². The minimum absolute atomic E-state index is 0. The van der Waals surface area contributed by atoms with E-state index >= 15 is 0 Å². The fourth-order valence-corrected chi connectivity index (χ4v) is 4.78. The third-order valence-corrected chi connectivity index (χ3v) is 6.11. The lowest BCUT2D eigenvalue weighted by atomic mass is 9.65. The van der Waals surface area contributed by atoms with Crippen LogP contribution >= 0.6 is 24.0 Å². The van der Waals surface area contributed by atoms with E-state index in [9.17, 15) is 4.79 Å². The molecule has 0 heterocycles. The number of nitrogens with two attached hydrogens (primary N) is 1. The van der Waals surface area contributed by atoms with Crippen LogP contribution in [0.4, 0.5) is 0 Å². The van der Waals surface area contributed by atoms with Gasteiger partial charge < -0.3 is 20.5 Å². The Balaban J connectivity index is 0.00000261. The van der Waals surface area contributed by atoms with Crippen LogP contribution in [-0.2, 0) is 11.3 Å². The summed E-state index contributed by atoms with van der Waals surface area (Å²) >= 11 is 6.31. The number of hydrogen-bond acceptors (Lipinski definition) is 4. The summed E-state index contributed by atoms with van der Waals surface area (Å²) in [5.41, 5.74) is 7.23. The van der Waals surface area contributed by atoms with Crippen LogP contribution in [0, 0.1) is 17.8 Å². The molecule has 0 aromatic heterocycles. The Morgan fingerprint density at radius 2 is 1.96 bits per heavy atom. The Bertz CT molecular complexity index is 642. The number of methoxy groups -OCH3 is 1. The Labute approximate surface area is 172 Å². The average Bonchev–Trinajstić information content (AvgIpc) is 2.61. The van der Waals surface area contributed by atoms with E-state index in [0.717, 1.165) is 31.2 Å². The number of carbonyl (C=O) groups is 1. The maximum atomic E-state index is 12.7. The number of fused-ring (bicyclic) bond motifs is 2. The summed E-state index contributed by atoms with van der Waals surface area (Å²) in [7, 11) is 1.58. The van der Waals surface area contributed by atoms with Crippen molar-refractivity contribution in [3.05, 3.63) is 22.7 Å². The summed E-state index contributed by atoms with van der Waals surface area (Å²) in [6.07, 6.45) is 5.40. The molecule has 7 heteroatoms. The second-order valence-electron chi connectivity index (χ2n) is 7.46. The molecular weight excluding hydrogens is 387 g/mol. The van der Waals surface area contributed by atoms with Crippen LogP contribution in [-0.4, -0.2) is 25.7 Å². The summed E-state index contributed by atoms with van der Waals surface area (Å²) in [6.45, 7) is 2.84. The number of amides is 1. The molecule has 2 bridgehead atoms. The highest BCUT2D eigenvalue weighted by Gasteiger charge is 2.40. The fourth-order valence-electron chi connectivity index (χ4n) is 4.50. The maximum absolute atomic E-state index is 12.7. The van der Waals surface area contributed by atoms with Crippen molar-refractivity contribution in [3.63, 3.8) is 0 Å². The molecule has 2 atom stereocenters. The van der Waals surface area contributed by atoms with E-state index in [2.05, 4.69) is 5.32 Å². The number of rotatable bonds is 6. The monoisotopic (exact) mass is 416 g/mol. The highest BCUT2D eigenvalue weighted by Crippen LogP contribution is 2.42. The molecule has 2 saturated carbocycles. The van der Waals surface area contributed by atoms with Gasteiger partial charge in [0.05, 0.1) is 18.7 Å². The molecule has 1 aromatic rings. The van der Waals surface area contributed by atoms with E-state index in [1.165, 1.54) is 6.42 Å². The lowest BCUT2D eigenvalue weighted by Gasteiger charge is -2.43. The molecule has 0 spiro atoms. The second-order valence-corrected chi connectivity index (χ2v) is 7.86. The third kappa shape index (κ3) is 5.01. The summed E-state index contributed by atoms with van der Waals surface area (Å²) in [5, 5.41) is 3.56. The summed E-state index contributed by atoms with van der Waals surface area (Å²) in [5.74, 6) is 2.32. The molecule has 3 N–H and O–H groups in total. The van der Waals surface area contributed by atoms with Crippen LogP contribution in [0.2, 0.25) is 5.02 Å². The zero-order valence-electron chi connectivity index (χ0n) is 16.0. The van der Waals surface area contributed by atoms with E-state index in [1.807, 2.05) is 19.1 Å². The molecule has 2 unspecified atom stereocenters. The number of ether oxygens (including phenoxy) is 2. The van der Waals surface area contributed by atoms with E-state index in [-0.39, 0.29) is 30.3 Å². The topological polar surface area (TPSA) is 73.6 Å². The van der Waals surface area contributed by atoms with Crippen molar-refractivity contribution < 1.29 is 14.3 Å². The molecule has 2 fully saturated rings. The highest BCUT2D eigenvalue weighted by molar-refractivity contribution is 6.32. The van der Waals surface area contributed by atoms with Crippen LogP contribution in [0.5, 0.6) is 11.5 Å². The van der Waals surface area contributed by atoms with Crippen LogP contribution in [0.15, 0.2) is 12.1 Å². The van der Waals surface area contributed by atoms with Crippen LogP contribution < -0.4 is 20.5 Å². The SMILES string of the molecule is CCOc1c(Cl)cc(CNC(=O)C2CC3CCCC(C2)C3N)cc1OC.Cl. The van der Waals surface area contributed by atoms with Crippen molar-refractivity contribution in [2.24, 2.45) is 23.5 Å². The standard InChI is InChI=1S/C20H29ClN2O3.ClH/c1-3-26-19-16(21)7-12(8-17(19)25-2)11-23-20(24)15-9-13-5-4-6-14(10-15)18(13)22;/h7-8,13-15,18H,3-6,9-11,22H2,1-2H3,(H,23,24);1H. The van der Waals surface area contributed by atoms with Crippen LogP contribution in [0.1, 0.15) is 44.6 Å². The van der Waals surface area contributed by atoms with Crippen LogP contribution in [0.3, 0.4) is 0 Å². The first-order valence-corrected chi connectivity index (χ1v) is 9.93. The van der Waals surface area contributed by atoms with E-state index in [0.29, 0.717) is 41.5 Å². The van der Waals surface area contributed by atoms with Crippen LogP contribution in [0.25, 0.3) is 0 Å². The van der Waals surface area contributed by atoms with Gasteiger partial charge in [-0.2, -0.15) is 0 Å². The quantitative estimate of drug-likeness (QED) is 0.736. The van der Waals surface area contributed by atoms with Gasteiger partial charge in [-0.15, -0.1) is 12.4 Å². The van der Waals surface area contributed by atoms with Crippen molar-refractivity contribution in [3.8, 4) is 11.5 Å². The molecule has 1 aromatic carbocycles. The molecule has 2 aliphatic rings. The summed E-state index contributed by atoms with van der Waals surface area (Å²) < 4.78 is 10.9. The largest absolute Gasteiger partial charge is 0.493 e. The zero-order valence-corrected chi connectivity index (χ0v) is 17.6. The first-order valence-electron chi connectivity index (χ1n) is 9.56. The molecule has 5 nitrogen and oxygen atoms in total. The molecule has 152 valence electrons. The lowest BCUT2D eigenvalue weighted by Crippen LogP contribution is -2.49. The molecule has 0 aliphatic heterocycles. The maximum Gasteiger partial charge on any atom is 0.223 e. The minimum atomic E-state index is 0. The second kappa shape index (κ2) is 9.85. The molecule has 0 radical (unpaired) electrons.